The summed E-state index contributed by atoms with van der Waals surface area (Å²) < 4.78 is 1.12. The predicted octanol–water partition coefficient (Wildman–Crippen LogP) is 4.60. The Bertz CT molecular complexity index is 691. The van der Waals surface area contributed by atoms with E-state index in [0.717, 1.165) is 38.6 Å². The molecule has 116 valence electrons. The lowest BCUT2D eigenvalue weighted by atomic mass is 10.0. The van der Waals surface area contributed by atoms with Crippen LogP contribution >= 0.6 is 22.6 Å². The van der Waals surface area contributed by atoms with Crippen molar-refractivity contribution in [3.8, 4) is 0 Å². The summed E-state index contributed by atoms with van der Waals surface area (Å²) in [6.45, 7) is 1.94. The van der Waals surface area contributed by atoms with Gasteiger partial charge in [-0.3, -0.25) is 9.78 Å². The van der Waals surface area contributed by atoms with Crippen molar-refractivity contribution in [2.45, 2.75) is 51.5 Å². The minimum atomic E-state index is 0.0457. The van der Waals surface area contributed by atoms with Crippen molar-refractivity contribution in [3.63, 3.8) is 0 Å². The lowest BCUT2D eigenvalue weighted by molar-refractivity contribution is 0.0935. The molecule has 0 saturated heterocycles. The molecule has 3 nitrogen and oxygen atoms in total. The lowest BCUT2D eigenvalue weighted by Gasteiger charge is -2.17. The Morgan fingerprint density at radius 3 is 2.64 bits per heavy atom. The predicted molar refractivity (Wildman–Crippen MR) is 98.2 cm³/mol. The molecule has 1 aromatic carbocycles. The molecule has 1 aliphatic carbocycles. The first-order valence-corrected chi connectivity index (χ1v) is 9.09. The third-order valence-corrected chi connectivity index (χ3v) is 5.00. The van der Waals surface area contributed by atoms with Gasteiger partial charge >= 0.3 is 0 Å². The molecule has 1 aromatic heterocycles. The number of fused-ring (bicyclic) bond motifs is 1. The van der Waals surface area contributed by atoms with E-state index in [0.29, 0.717) is 6.04 Å². The maximum absolute atomic E-state index is 12.8. The molecule has 0 radical (unpaired) electrons. The van der Waals surface area contributed by atoms with Gasteiger partial charge in [0.2, 0.25) is 0 Å². The van der Waals surface area contributed by atoms with E-state index in [9.17, 15) is 4.79 Å². The number of hydrogen-bond donors (Lipinski definition) is 1. The minimum absolute atomic E-state index is 0.0457. The molecule has 1 aliphatic rings. The van der Waals surface area contributed by atoms with Crippen molar-refractivity contribution in [2.75, 3.05) is 0 Å². The molecule has 4 heteroatoms. The summed E-state index contributed by atoms with van der Waals surface area (Å²) in [7, 11) is 0. The summed E-state index contributed by atoms with van der Waals surface area (Å²) in [6.07, 6.45) is 7.23. The van der Waals surface area contributed by atoms with Gasteiger partial charge in [0.05, 0.1) is 11.1 Å². The van der Waals surface area contributed by atoms with Crippen LogP contribution in [-0.2, 0) is 0 Å². The molecule has 1 amide bonds. The summed E-state index contributed by atoms with van der Waals surface area (Å²) in [5, 5.41) is 4.19. The van der Waals surface area contributed by atoms with Crippen molar-refractivity contribution >= 4 is 39.4 Å². The second kappa shape index (κ2) is 6.94. The molecule has 2 aromatic rings. The first-order valence-electron chi connectivity index (χ1n) is 8.01. The van der Waals surface area contributed by atoms with Crippen LogP contribution in [-0.4, -0.2) is 16.9 Å². The second-order valence-electron chi connectivity index (χ2n) is 6.13. The Kier molecular flexibility index (Phi) is 4.96. The number of hydrogen-bond acceptors (Lipinski definition) is 2. The molecule has 0 aliphatic heterocycles. The van der Waals surface area contributed by atoms with Crippen molar-refractivity contribution < 1.29 is 4.79 Å². The molecule has 22 heavy (non-hydrogen) atoms. The van der Waals surface area contributed by atoms with E-state index in [1.807, 2.05) is 31.2 Å². The number of benzene rings is 1. The van der Waals surface area contributed by atoms with Gasteiger partial charge in [-0.15, -0.1) is 0 Å². The highest BCUT2D eigenvalue weighted by Crippen LogP contribution is 2.22. The maximum Gasteiger partial charge on any atom is 0.252 e. The first kappa shape index (κ1) is 15.7. The highest BCUT2D eigenvalue weighted by molar-refractivity contribution is 14.1. The Hall–Kier alpha value is -1.17. The van der Waals surface area contributed by atoms with Crippen LogP contribution in [0.25, 0.3) is 10.9 Å². The van der Waals surface area contributed by atoms with Crippen molar-refractivity contribution in [1.82, 2.24) is 10.3 Å². The van der Waals surface area contributed by atoms with E-state index in [-0.39, 0.29) is 5.91 Å². The highest BCUT2D eigenvalue weighted by Gasteiger charge is 2.18. The van der Waals surface area contributed by atoms with Crippen LogP contribution < -0.4 is 5.32 Å². The number of halogens is 1. The summed E-state index contributed by atoms with van der Waals surface area (Å²) in [5.41, 5.74) is 2.54. The average Bonchev–Trinajstić information content (AvgIpc) is 2.75. The van der Waals surface area contributed by atoms with Gasteiger partial charge in [0, 0.05) is 20.7 Å². The molecule has 1 N–H and O–H groups in total. The van der Waals surface area contributed by atoms with Crippen LogP contribution in [0.1, 0.15) is 54.6 Å². The molecule has 1 saturated carbocycles. The third kappa shape index (κ3) is 3.59. The van der Waals surface area contributed by atoms with Crippen LogP contribution in [0.4, 0.5) is 0 Å². The molecular formula is C18H21IN2O. The topological polar surface area (TPSA) is 42.0 Å². The van der Waals surface area contributed by atoms with Gasteiger partial charge in [0.25, 0.3) is 5.91 Å². The van der Waals surface area contributed by atoms with E-state index < -0.39 is 0 Å². The van der Waals surface area contributed by atoms with Crippen LogP contribution in [0.5, 0.6) is 0 Å². The molecule has 0 bridgehead atoms. The number of nitrogens with one attached hydrogen (secondary N) is 1. The monoisotopic (exact) mass is 408 g/mol. The molecule has 3 rings (SSSR count). The number of nitrogens with zero attached hydrogens (tertiary/aromatic N) is 1. The smallest absolute Gasteiger partial charge is 0.252 e. The van der Waals surface area contributed by atoms with E-state index in [4.69, 9.17) is 0 Å². The van der Waals surface area contributed by atoms with Gasteiger partial charge in [-0.2, -0.15) is 0 Å². The molecule has 0 spiro atoms. The number of pyridine rings is 1. The standard InChI is InChI=1S/C18H21IN2O/c1-12-10-16(15-11-13(19)8-9-17(15)20-12)18(22)21-14-6-4-2-3-5-7-14/h8-11,14H,2-7H2,1H3,(H,21,22). The van der Waals surface area contributed by atoms with E-state index in [1.165, 1.54) is 25.7 Å². The molecule has 1 fully saturated rings. The molecule has 1 heterocycles. The second-order valence-corrected chi connectivity index (χ2v) is 7.38. The summed E-state index contributed by atoms with van der Waals surface area (Å²) in [6, 6.07) is 8.30. The SMILES string of the molecule is Cc1cc(C(=O)NC2CCCCCC2)c2cc(I)ccc2n1. The summed E-state index contributed by atoms with van der Waals surface area (Å²) in [4.78, 5) is 17.3. The fourth-order valence-corrected chi connectivity index (χ4v) is 3.70. The van der Waals surface area contributed by atoms with Crippen LogP contribution in [0.2, 0.25) is 0 Å². The van der Waals surface area contributed by atoms with E-state index in [1.54, 1.807) is 0 Å². The zero-order valence-corrected chi connectivity index (χ0v) is 15.0. The molecule has 0 atom stereocenters. The van der Waals surface area contributed by atoms with Crippen LogP contribution in [0.15, 0.2) is 24.3 Å². The lowest BCUT2D eigenvalue weighted by Crippen LogP contribution is -2.34. The number of aromatic nitrogens is 1. The number of rotatable bonds is 2. The van der Waals surface area contributed by atoms with Gasteiger partial charge in [0.1, 0.15) is 0 Å². The van der Waals surface area contributed by atoms with Gasteiger partial charge < -0.3 is 5.32 Å². The maximum atomic E-state index is 12.8. The van der Waals surface area contributed by atoms with Gasteiger partial charge in [-0.25, -0.2) is 0 Å². The zero-order chi connectivity index (χ0) is 15.5. The Labute approximate surface area is 145 Å². The minimum Gasteiger partial charge on any atom is -0.349 e. The fraction of sp³-hybridized carbons (Fsp3) is 0.444. The number of carbonyl (C=O) groups is 1. The van der Waals surface area contributed by atoms with E-state index in [2.05, 4.69) is 32.9 Å². The quantitative estimate of drug-likeness (QED) is 0.583. The Morgan fingerprint density at radius 2 is 1.91 bits per heavy atom. The largest absolute Gasteiger partial charge is 0.349 e. The Morgan fingerprint density at radius 1 is 1.18 bits per heavy atom. The first-order chi connectivity index (χ1) is 10.6. The zero-order valence-electron chi connectivity index (χ0n) is 12.9. The van der Waals surface area contributed by atoms with Gasteiger partial charge in [-0.05, 0) is 66.6 Å². The Balaban J connectivity index is 1.90. The van der Waals surface area contributed by atoms with Crippen molar-refractivity contribution in [2.24, 2.45) is 0 Å². The highest BCUT2D eigenvalue weighted by atomic mass is 127. The van der Waals surface area contributed by atoms with Crippen molar-refractivity contribution in [1.29, 1.82) is 0 Å². The molecular weight excluding hydrogens is 387 g/mol. The summed E-state index contributed by atoms with van der Waals surface area (Å²) in [5.74, 6) is 0.0457. The normalized spacial score (nSPS) is 16.5. The van der Waals surface area contributed by atoms with Gasteiger partial charge in [-0.1, -0.05) is 25.7 Å². The van der Waals surface area contributed by atoms with E-state index >= 15 is 0 Å². The fourth-order valence-electron chi connectivity index (χ4n) is 3.21. The number of aryl methyl sites for hydroxylation is 1. The van der Waals surface area contributed by atoms with Crippen LogP contribution in [0.3, 0.4) is 0 Å². The van der Waals surface area contributed by atoms with Crippen LogP contribution in [0, 0.1) is 10.5 Å². The average molecular weight is 408 g/mol. The number of amides is 1. The number of carbonyl (C=O) groups excluding carboxylic acids is 1. The van der Waals surface area contributed by atoms with Gasteiger partial charge in [0.15, 0.2) is 0 Å². The molecule has 0 unspecified atom stereocenters. The van der Waals surface area contributed by atoms with Crippen molar-refractivity contribution in [3.05, 3.63) is 39.1 Å². The third-order valence-electron chi connectivity index (χ3n) is 4.33. The summed E-state index contributed by atoms with van der Waals surface area (Å²) >= 11 is 2.28.